The Hall–Kier alpha value is -4.60. The van der Waals surface area contributed by atoms with Crippen molar-refractivity contribution in [2.45, 2.75) is 6.54 Å². The molecule has 32 heavy (non-hydrogen) atoms. The predicted octanol–water partition coefficient (Wildman–Crippen LogP) is 0.618. The number of fused-ring (bicyclic) bond motifs is 1. The molecule has 3 heterocycles. The van der Waals surface area contributed by atoms with Crippen LogP contribution in [-0.2, 0) is 18.4 Å². The number of hydrogen-bond acceptors (Lipinski definition) is 6. The van der Waals surface area contributed by atoms with E-state index in [1.807, 2.05) is 12.1 Å². The van der Waals surface area contributed by atoms with E-state index in [-0.39, 0.29) is 6.54 Å². The van der Waals surface area contributed by atoms with Gasteiger partial charge in [0.25, 0.3) is 17.4 Å². The van der Waals surface area contributed by atoms with E-state index in [4.69, 9.17) is 0 Å². The van der Waals surface area contributed by atoms with Gasteiger partial charge in [0.05, 0.1) is 22.5 Å². The highest BCUT2D eigenvalue weighted by Gasteiger charge is 2.15. The molecule has 4 aromatic rings. The molecule has 0 unspecified atom stereocenters. The summed E-state index contributed by atoms with van der Waals surface area (Å²) in [4.78, 5) is 57.5. The zero-order valence-electron chi connectivity index (χ0n) is 17.0. The van der Waals surface area contributed by atoms with Crippen molar-refractivity contribution < 1.29 is 9.59 Å². The van der Waals surface area contributed by atoms with E-state index >= 15 is 0 Å². The van der Waals surface area contributed by atoms with Crippen molar-refractivity contribution in [3.05, 3.63) is 93.4 Å². The Balaban J connectivity index is 1.56. The zero-order valence-corrected chi connectivity index (χ0v) is 17.0. The average molecular weight is 430 g/mol. The summed E-state index contributed by atoms with van der Waals surface area (Å²) in [5, 5.41) is 0.605. The second-order valence-electron chi connectivity index (χ2n) is 6.91. The van der Waals surface area contributed by atoms with Gasteiger partial charge in [-0.25, -0.2) is 9.78 Å². The molecular weight excluding hydrogens is 412 g/mol. The first-order valence-corrected chi connectivity index (χ1v) is 9.61. The van der Waals surface area contributed by atoms with Crippen LogP contribution in [-0.4, -0.2) is 30.9 Å². The number of rotatable bonds is 4. The number of pyridine rings is 2. The maximum Gasteiger partial charge on any atom is 0.331 e. The van der Waals surface area contributed by atoms with Crippen LogP contribution in [0.2, 0.25) is 0 Å². The maximum atomic E-state index is 12.9. The summed E-state index contributed by atoms with van der Waals surface area (Å²) in [6.45, 7) is -0.372. The molecule has 0 aliphatic carbocycles. The van der Waals surface area contributed by atoms with Crippen molar-refractivity contribution in [1.29, 1.82) is 0 Å². The summed E-state index contributed by atoms with van der Waals surface area (Å²) >= 11 is 0. The monoisotopic (exact) mass is 430 g/mol. The Labute approximate surface area is 181 Å². The number of nitrogens with one attached hydrogen (secondary N) is 2. The Kier molecular flexibility index (Phi) is 5.58. The lowest BCUT2D eigenvalue weighted by atomic mass is 10.1. The fraction of sp³-hybridized carbons (Fsp3) is 0.0909. The van der Waals surface area contributed by atoms with Crippen LogP contribution < -0.4 is 22.1 Å². The van der Waals surface area contributed by atoms with Gasteiger partial charge in [0.1, 0.15) is 6.54 Å². The quantitative estimate of drug-likeness (QED) is 0.457. The topological polar surface area (TPSA) is 128 Å². The standard InChI is InChI=1S/C22H18N6O4/c1-27-20(30)9-11-28(22(27)32)13-19(29)25-26-21(31)15-12-18(17-8-4-5-10-23-17)24-16-7-3-2-6-14(15)16/h2-12H,13H2,1H3,(H,25,29)(H,26,31). The van der Waals surface area contributed by atoms with E-state index in [9.17, 15) is 19.2 Å². The second-order valence-corrected chi connectivity index (χ2v) is 6.91. The van der Waals surface area contributed by atoms with Crippen LogP contribution in [0.25, 0.3) is 22.3 Å². The molecule has 4 rings (SSSR count). The molecule has 0 atom stereocenters. The summed E-state index contributed by atoms with van der Waals surface area (Å²) in [7, 11) is 1.31. The van der Waals surface area contributed by atoms with Gasteiger partial charge in [-0.15, -0.1) is 0 Å². The van der Waals surface area contributed by atoms with Gasteiger partial charge in [0.15, 0.2) is 0 Å². The van der Waals surface area contributed by atoms with Crippen molar-refractivity contribution in [3.8, 4) is 11.4 Å². The van der Waals surface area contributed by atoms with Gasteiger partial charge in [-0.3, -0.25) is 39.4 Å². The van der Waals surface area contributed by atoms with Crippen molar-refractivity contribution in [2.75, 3.05) is 0 Å². The molecule has 10 nitrogen and oxygen atoms in total. The number of carbonyl (C=O) groups is 2. The molecule has 0 bridgehead atoms. The van der Waals surface area contributed by atoms with Crippen LogP contribution in [0.3, 0.4) is 0 Å². The van der Waals surface area contributed by atoms with E-state index in [2.05, 4.69) is 20.8 Å². The summed E-state index contributed by atoms with van der Waals surface area (Å²) in [6, 6.07) is 15.3. The lowest BCUT2D eigenvalue weighted by Gasteiger charge is -2.12. The number of hydrogen-bond donors (Lipinski definition) is 2. The highest BCUT2D eigenvalue weighted by Crippen LogP contribution is 2.23. The molecule has 0 aliphatic rings. The summed E-state index contributed by atoms with van der Waals surface area (Å²) in [6.07, 6.45) is 2.86. The molecule has 2 N–H and O–H groups in total. The Morgan fingerprint density at radius 1 is 0.969 bits per heavy atom. The Morgan fingerprint density at radius 2 is 1.75 bits per heavy atom. The molecule has 3 aromatic heterocycles. The smallest absolute Gasteiger partial charge is 0.291 e. The molecule has 10 heteroatoms. The average Bonchev–Trinajstić information content (AvgIpc) is 2.82. The number of hydrazine groups is 1. The van der Waals surface area contributed by atoms with Crippen LogP contribution in [0.5, 0.6) is 0 Å². The van der Waals surface area contributed by atoms with Gasteiger partial charge in [0, 0.05) is 30.9 Å². The highest BCUT2D eigenvalue weighted by atomic mass is 16.2. The third kappa shape index (κ3) is 4.15. The summed E-state index contributed by atoms with van der Waals surface area (Å²) < 4.78 is 1.94. The molecule has 1 aromatic carbocycles. The van der Waals surface area contributed by atoms with Crippen LogP contribution in [0.4, 0.5) is 0 Å². The zero-order chi connectivity index (χ0) is 22.7. The fourth-order valence-electron chi connectivity index (χ4n) is 3.13. The van der Waals surface area contributed by atoms with Crippen LogP contribution in [0, 0.1) is 0 Å². The van der Waals surface area contributed by atoms with Gasteiger partial charge in [-0.05, 0) is 24.3 Å². The van der Waals surface area contributed by atoms with Gasteiger partial charge >= 0.3 is 5.69 Å². The fourth-order valence-corrected chi connectivity index (χ4v) is 3.13. The maximum absolute atomic E-state index is 12.9. The number of para-hydroxylation sites is 1. The van der Waals surface area contributed by atoms with E-state index in [1.165, 1.54) is 19.3 Å². The number of amides is 2. The predicted molar refractivity (Wildman–Crippen MR) is 117 cm³/mol. The van der Waals surface area contributed by atoms with Crippen LogP contribution >= 0.6 is 0 Å². The van der Waals surface area contributed by atoms with Crippen molar-refractivity contribution >= 4 is 22.7 Å². The lowest BCUT2D eigenvalue weighted by Crippen LogP contribution is -2.45. The second kappa shape index (κ2) is 8.64. The molecule has 0 saturated carbocycles. The Bertz CT molecular complexity index is 1440. The Morgan fingerprint density at radius 3 is 2.53 bits per heavy atom. The minimum absolute atomic E-state index is 0.302. The number of aromatic nitrogens is 4. The lowest BCUT2D eigenvalue weighted by molar-refractivity contribution is -0.122. The third-order valence-electron chi connectivity index (χ3n) is 4.78. The third-order valence-corrected chi connectivity index (χ3v) is 4.78. The first kappa shape index (κ1) is 20.7. The molecule has 0 saturated heterocycles. The molecule has 160 valence electrons. The minimum Gasteiger partial charge on any atom is -0.291 e. The van der Waals surface area contributed by atoms with Crippen LogP contribution in [0.1, 0.15) is 10.4 Å². The first-order chi connectivity index (χ1) is 15.4. The first-order valence-electron chi connectivity index (χ1n) is 9.61. The minimum atomic E-state index is -0.640. The van der Waals surface area contributed by atoms with E-state index in [0.29, 0.717) is 27.9 Å². The van der Waals surface area contributed by atoms with Gasteiger partial charge in [0.2, 0.25) is 0 Å². The summed E-state index contributed by atoms with van der Waals surface area (Å²) in [5.74, 6) is -1.19. The van der Waals surface area contributed by atoms with Crippen molar-refractivity contribution in [2.24, 2.45) is 7.05 Å². The molecule has 0 radical (unpaired) electrons. The number of nitrogens with zero attached hydrogens (tertiary/aromatic N) is 4. The van der Waals surface area contributed by atoms with Crippen molar-refractivity contribution in [1.82, 2.24) is 30.0 Å². The number of carbonyl (C=O) groups excluding carboxylic acids is 2. The van der Waals surface area contributed by atoms with E-state index in [0.717, 1.165) is 9.13 Å². The molecule has 2 amide bonds. The molecular formula is C22H18N6O4. The highest BCUT2D eigenvalue weighted by molar-refractivity contribution is 6.07. The number of benzene rings is 1. The normalized spacial score (nSPS) is 10.7. The van der Waals surface area contributed by atoms with Crippen molar-refractivity contribution in [3.63, 3.8) is 0 Å². The summed E-state index contributed by atoms with van der Waals surface area (Å²) in [5.41, 5.74) is 5.56. The van der Waals surface area contributed by atoms with Gasteiger partial charge < -0.3 is 0 Å². The molecule has 0 aliphatic heterocycles. The largest absolute Gasteiger partial charge is 0.331 e. The van der Waals surface area contributed by atoms with E-state index < -0.39 is 23.1 Å². The molecule has 0 spiro atoms. The van der Waals surface area contributed by atoms with Gasteiger partial charge in [-0.2, -0.15) is 0 Å². The SMILES string of the molecule is Cn1c(=O)ccn(CC(=O)NNC(=O)c2cc(-c3ccccn3)nc3ccccc23)c1=O. The van der Waals surface area contributed by atoms with Crippen LogP contribution in [0.15, 0.2) is 76.6 Å². The van der Waals surface area contributed by atoms with Gasteiger partial charge in [-0.1, -0.05) is 24.3 Å². The van der Waals surface area contributed by atoms with E-state index in [1.54, 1.807) is 42.6 Å². The molecule has 0 fully saturated rings.